The molecule has 0 saturated carbocycles. The maximum absolute atomic E-state index is 10.7. The van der Waals surface area contributed by atoms with Crippen molar-refractivity contribution in [1.29, 1.82) is 10.5 Å². The molecule has 1 aliphatic carbocycles. The molecule has 0 radical (unpaired) electrons. The number of furan rings is 1. The van der Waals surface area contributed by atoms with Crippen LogP contribution in [0, 0.1) is 22.7 Å². The van der Waals surface area contributed by atoms with Gasteiger partial charge in [0, 0.05) is 55.6 Å². The first kappa shape index (κ1) is 28.2. The molecule has 0 saturated heterocycles. The summed E-state index contributed by atoms with van der Waals surface area (Å²) >= 11 is 0. The Labute approximate surface area is 287 Å². The van der Waals surface area contributed by atoms with Crippen molar-refractivity contribution in [2.24, 2.45) is 0 Å². The first-order valence-electron chi connectivity index (χ1n) is 16.8. The molecule has 1 aliphatic rings. The number of rotatable bonds is 3. The van der Waals surface area contributed by atoms with E-state index in [0.717, 1.165) is 71.6 Å². The van der Waals surface area contributed by atoms with Crippen LogP contribution in [0.4, 0.5) is 0 Å². The second-order valence-corrected chi connectivity index (χ2v) is 13.4. The SMILES string of the molecule is CC1(n2c3ccccc3c3ccc4c5ccccc5oc4c32)C=CC(c2ccc(-n3c4ccccc4c4ccccc43)cc2C#N)=C(C#N)C1. The largest absolute Gasteiger partial charge is 0.454 e. The lowest BCUT2D eigenvalue weighted by Crippen LogP contribution is -2.30. The summed E-state index contributed by atoms with van der Waals surface area (Å²) < 4.78 is 11.1. The molecule has 1 atom stereocenters. The van der Waals surface area contributed by atoms with Crippen LogP contribution in [0.25, 0.3) is 76.8 Å². The maximum Gasteiger partial charge on any atom is 0.159 e. The van der Waals surface area contributed by atoms with Crippen LogP contribution in [0.2, 0.25) is 0 Å². The van der Waals surface area contributed by atoms with Crippen LogP contribution in [0.1, 0.15) is 24.5 Å². The van der Waals surface area contributed by atoms with Gasteiger partial charge in [-0.15, -0.1) is 0 Å². The highest BCUT2D eigenvalue weighted by Crippen LogP contribution is 2.46. The lowest BCUT2D eigenvalue weighted by Gasteiger charge is -2.33. The molecule has 5 nitrogen and oxygen atoms in total. The standard InChI is InChI=1S/C45H28N4O/c1-45(49-41-16-8-4-12-35(41)37-20-21-38-36-13-5-9-17-42(36)50-44(38)43(37)49)23-22-32(29(25-45)27-47)31-19-18-30(24-28(31)26-46)48-39-14-6-2-10-33(39)34-11-3-7-15-40(34)48/h2-24H,25H2,1H3. The summed E-state index contributed by atoms with van der Waals surface area (Å²) in [6.07, 6.45) is 4.69. The molecule has 9 aromatic rings. The fraction of sp³-hybridized carbons (Fsp3) is 0.0667. The van der Waals surface area contributed by atoms with Crippen molar-refractivity contribution in [3.8, 4) is 17.8 Å². The van der Waals surface area contributed by atoms with Gasteiger partial charge in [-0.1, -0.05) is 97.1 Å². The van der Waals surface area contributed by atoms with Crippen LogP contribution in [0.5, 0.6) is 0 Å². The summed E-state index contributed by atoms with van der Waals surface area (Å²) in [6, 6.07) is 48.6. The van der Waals surface area contributed by atoms with E-state index in [0.29, 0.717) is 17.6 Å². The average Bonchev–Trinajstić information content (AvgIpc) is 3.83. The predicted octanol–water partition coefficient (Wildman–Crippen LogP) is 11.3. The Morgan fingerprint density at radius 1 is 0.640 bits per heavy atom. The van der Waals surface area contributed by atoms with E-state index in [2.05, 4.69) is 119 Å². The van der Waals surface area contributed by atoms with Crippen LogP contribution < -0.4 is 0 Å². The van der Waals surface area contributed by atoms with Crippen LogP contribution in [-0.4, -0.2) is 9.13 Å². The minimum absolute atomic E-state index is 0.458. The highest BCUT2D eigenvalue weighted by Gasteiger charge is 2.34. The number of nitriles is 2. The van der Waals surface area contributed by atoms with Crippen molar-refractivity contribution >= 4 is 71.1 Å². The normalized spacial score (nSPS) is 16.3. The van der Waals surface area contributed by atoms with Gasteiger partial charge < -0.3 is 13.6 Å². The lowest BCUT2D eigenvalue weighted by atomic mass is 9.81. The summed E-state index contributed by atoms with van der Waals surface area (Å²) in [4.78, 5) is 0. The van der Waals surface area contributed by atoms with E-state index < -0.39 is 5.54 Å². The molecule has 1 unspecified atom stereocenters. The number of aromatic nitrogens is 2. The maximum atomic E-state index is 10.7. The summed E-state index contributed by atoms with van der Waals surface area (Å²) in [7, 11) is 0. The van der Waals surface area contributed by atoms with Crippen molar-refractivity contribution in [2.45, 2.75) is 18.9 Å². The Morgan fingerprint density at radius 2 is 1.26 bits per heavy atom. The second kappa shape index (κ2) is 10.3. The van der Waals surface area contributed by atoms with E-state index in [1.54, 1.807) is 0 Å². The molecule has 234 valence electrons. The fourth-order valence-corrected chi connectivity index (χ4v) is 8.34. The van der Waals surface area contributed by atoms with Crippen molar-refractivity contribution < 1.29 is 4.42 Å². The Hall–Kier alpha value is -6.82. The summed E-state index contributed by atoms with van der Waals surface area (Å²) in [5.41, 5.74) is 8.99. The van der Waals surface area contributed by atoms with Gasteiger partial charge in [0.15, 0.2) is 5.58 Å². The van der Waals surface area contributed by atoms with E-state index in [1.165, 1.54) is 10.8 Å². The van der Waals surface area contributed by atoms with Crippen molar-refractivity contribution in [3.63, 3.8) is 0 Å². The number of para-hydroxylation sites is 4. The fourth-order valence-electron chi connectivity index (χ4n) is 8.34. The minimum Gasteiger partial charge on any atom is -0.454 e. The predicted molar refractivity (Wildman–Crippen MR) is 202 cm³/mol. The van der Waals surface area contributed by atoms with Gasteiger partial charge in [-0.25, -0.2) is 0 Å². The smallest absolute Gasteiger partial charge is 0.159 e. The molecular formula is C45H28N4O. The number of hydrogen-bond donors (Lipinski definition) is 0. The monoisotopic (exact) mass is 640 g/mol. The number of fused-ring (bicyclic) bond motifs is 10. The van der Waals surface area contributed by atoms with Crippen molar-refractivity contribution in [1.82, 2.24) is 9.13 Å². The topological polar surface area (TPSA) is 70.6 Å². The third-order valence-corrected chi connectivity index (χ3v) is 10.5. The van der Waals surface area contributed by atoms with E-state index in [9.17, 15) is 10.5 Å². The third kappa shape index (κ3) is 3.81. The molecule has 5 heteroatoms. The molecule has 0 amide bonds. The van der Waals surface area contributed by atoms with E-state index >= 15 is 0 Å². The minimum atomic E-state index is -0.584. The first-order chi connectivity index (χ1) is 24.6. The molecule has 10 rings (SSSR count). The van der Waals surface area contributed by atoms with E-state index in [-0.39, 0.29) is 0 Å². The molecule has 0 aliphatic heterocycles. The number of nitrogens with zero attached hydrogens (tertiary/aromatic N) is 4. The van der Waals surface area contributed by atoms with Crippen molar-refractivity contribution in [3.05, 3.63) is 156 Å². The molecule has 0 spiro atoms. The molecule has 0 fully saturated rings. The van der Waals surface area contributed by atoms with Gasteiger partial charge in [0.1, 0.15) is 5.58 Å². The Bertz CT molecular complexity index is 3010. The quantitative estimate of drug-likeness (QED) is 0.193. The molecule has 0 bridgehead atoms. The summed E-state index contributed by atoms with van der Waals surface area (Å²) in [6.45, 7) is 2.18. The third-order valence-electron chi connectivity index (χ3n) is 10.5. The zero-order chi connectivity index (χ0) is 33.6. The second-order valence-electron chi connectivity index (χ2n) is 13.4. The highest BCUT2D eigenvalue weighted by molar-refractivity contribution is 6.21. The van der Waals surface area contributed by atoms with Crippen LogP contribution in [0.3, 0.4) is 0 Å². The van der Waals surface area contributed by atoms with Crippen LogP contribution in [-0.2, 0) is 5.54 Å². The van der Waals surface area contributed by atoms with Gasteiger partial charge in [-0.05, 0) is 55.0 Å². The molecule has 50 heavy (non-hydrogen) atoms. The number of hydrogen-bond acceptors (Lipinski definition) is 3. The van der Waals surface area contributed by atoms with Gasteiger partial charge in [0.25, 0.3) is 0 Å². The van der Waals surface area contributed by atoms with Gasteiger partial charge in [0.05, 0.1) is 45.3 Å². The van der Waals surface area contributed by atoms with E-state index in [4.69, 9.17) is 4.42 Å². The highest BCUT2D eigenvalue weighted by atomic mass is 16.3. The number of allylic oxidation sites excluding steroid dienone is 4. The van der Waals surface area contributed by atoms with E-state index in [1.807, 2.05) is 48.5 Å². The molecule has 6 aromatic carbocycles. The number of benzene rings is 6. The lowest BCUT2D eigenvalue weighted by molar-refractivity contribution is 0.432. The Morgan fingerprint density at radius 3 is 1.96 bits per heavy atom. The van der Waals surface area contributed by atoms with Crippen molar-refractivity contribution in [2.75, 3.05) is 0 Å². The van der Waals surface area contributed by atoms with Crippen LogP contribution in [0.15, 0.2) is 150 Å². The molecule has 3 heterocycles. The van der Waals surface area contributed by atoms with Crippen LogP contribution >= 0.6 is 0 Å². The van der Waals surface area contributed by atoms with Gasteiger partial charge in [0.2, 0.25) is 0 Å². The molecular weight excluding hydrogens is 613 g/mol. The Balaban J connectivity index is 1.14. The zero-order valence-electron chi connectivity index (χ0n) is 27.2. The first-order valence-corrected chi connectivity index (χ1v) is 16.8. The van der Waals surface area contributed by atoms with Gasteiger partial charge in [-0.2, -0.15) is 10.5 Å². The van der Waals surface area contributed by atoms with Gasteiger partial charge in [-0.3, -0.25) is 0 Å². The Kier molecular flexibility index (Phi) is 5.83. The van der Waals surface area contributed by atoms with Gasteiger partial charge >= 0.3 is 0 Å². The molecule has 0 N–H and O–H groups in total. The summed E-state index contributed by atoms with van der Waals surface area (Å²) in [5, 5.41) is 27.9. The molecule has 3 aromatic heterocycles. The summed E-state index contributed by atoms with van der Waals surface area (Å²) in [5.74, 6) is 0. The average molecular weight is 641 g/mol. The zero-order valence-corrected chi connectivity index (χ0v) is 27.2.